The highest BCUT2D eigenvalue weighted by atomic mass is 16.5. The molecular weight excluding hydrogens is 220 g/mol. The predicted octanol–water partition coefficient (Wildman–Crippen LogP) is 0.249. The third kappa shape index (κ3) is 1.89. The van der Waals surface area contributed by atoms with Crippen molar-refractivity contribution in [2.45, 2.75) is 5.92 Å². The summed E-state index contributed by atoms with van der Waals surface area (Å²) in [5.74, 6) is -0.930. The average molecular weight is 234 g/mol. The number of carbonyl (C=O) groups excluding carboxylic acids is 2. The minimum absolute atomic E-state index is 0.0672. The molecule has 0 aliphatic carbocycles. The van der Waals surface area contributed by atoms with Gasteiger partial charge in [-0.05, 0) is 11.6 Å². The minimum atomic E-state index is -0.410. The molecule has 0 saturated heterocycles. The Balaban J connectivity index is 2.39. The van der Waals surface area contributed by atoms with Crippen LogP contribution in [0.4, 0.5) is 5.69 Å². The van der Waals surface area contributed by atoms with E-state index in [-0.39, 0.29) is 18.4 Å². The standard InChI is InChI=1S/C12H14N2O3/c1-17-12(16)9-7-14(11(15)6-13)10-5-3-2-4-8(9)10/h2-5,9H,6-7,13H2,1H3. The molecule has 17 heavy (non-hydrogen) atoms. The summed E-state index contributed by atoms with van der Waals surface area (Å²) in [6, 6.07) is 7.31. The fourth-order valence-electron chi connectivity index (χ4n) is 2.10. The number of amides is 1. The van der Waals surface area contributed by atoms with E-state index < -0.39 is 5.92 Å². The summed E-state index contributed by atoms with van der Waals surface area (Å²) in [7, 11) is 1.35. The second kappa shape index (κ2) is 4.55. The number of ether oxygens (including phenoxy) is 1. The molecule has 0 aromatic heterocycles. The third-order valence-corrected chi connectivity index (χ3v) is 2.93. The van der Waals surface area contributed by atoms with E-state index in [9.17, 15) is 9.59 Å². The molecule has 1 aromatic rings. The summed E-state index contributed by atoms with van der Waals surface area (Å²) in [6.07, 6.45) is 0. The number of fused-ring (bicyclic) bond motifs is 1. The number of carbonyl (C=O) groups is 2. The van der Waals surface area contributed by atoms with Gasteiger partial charge in [0.2, 0.25) is 5.91 Å². The van der Waals surface area contributed by atoms with Crippen LogP contribution in [-0.4, -0.2) is 32.1 Å². The Labute approximate surface area is 99.2 Å². The van der Waals surface area contributed by atoms with Crippen molar-refractivity contribution in [1.82, 2.24) is 0 Å². The predicted molar refractivity (Wildman–Crippen MR) is 62.6 cm³/mol. The number of esters is 1. The number of nitrogens with zero attached hydrogens (tertiary/aromatic N) is 1. The van der Waals surface area contributed by atoms with E-state index >= 15 is 0 Å². The average Bonchev–Trinajstić information content (AvgIpc) is 2.76. The summed E-state index contributed by atoms with van der Waals surface area (Å²) in [5, 5.41) is 0. The van der Waals surface area contributed by atoms with Crippen LogP contribution in [0.3, 0.4) is 0 Å². The number of para-hydroxylation sites is 1. The fourth-order valence-corrected chi connectivity index (χ4v) is 2.10. The smallest absolute Gasteiger partial charge is 0.315 e. The molecule has 1 aromatic carbocycles. The molecule has 0 spiro atoms. The van der Waals surface area contributed by atoms with Gasteiger partial charge < -0.3 is 15.4 Å². The van der Waals surface area contributed by atoms with E-state index in [4.69, 9.17) is 10.5 Å². The van der Waals surface area contributed by atoms with Gasteiger partial charge in [-0.1, -0.05) is 18.2 Å². The van der Waals surface area contributed by atoms with Gasteiger partial charge in [-0.3, -0.25) is 9.59 Å². The quantitative estimate of drug-likeness (QED) is 0.744. The van der Waals surface area contributed by atoms with E-state index in [2.05, 4.69) is 0 Å². The Hall–Kier alpha value is -1.88. The first-order valence-electron chi connectivity index (χ1n) is 5.36. The lowest BCUT2D eigenvalue weighted by Gasteiger charge is -2.16. The van der Waals surface area contributed by atoms with Crippen LogP contribution in [0.25, 0.3) is 0 Å². The molecule has 1 aliphatic rings. The summed E-state index contributed by atoms with van der Waals surface area (Å²) in [5.41, 5.74) is 6.92. The van der Waals surface area contributed by atoms with Gasteiger partial charge in [-0.25, -0.2) is 0 Å². The molecule has 1 amide bonds. The second-order valence-electron chi connectivity index (χ2n) is 3.84. The van der Waals surface area contributed by atoms with Gasteiger partial charge in [-0.2, -0.15) is 0 Å². The summed E-state index contributed by atoms with van der Waals surface area (Å²) in [6.45, 7) is 0.240. The highest BCUT2D eigenvalue weighted by Crippen LogP contribution is 2.36. The van der Waals surface area contributed by atoms with E-state index in [0.29, 0.717) is 6.54 Å². The van der Waals surface area contributed by atoms with Crippen LogP contribution < -0.4 is 10.6 Å². The number of hydrogen-bond donors (Lipinski definition) is 1. The molecule has 0 bridgehead atoms. The maximum Gasteiger partial charge on any atom is 0.315 e. The first-order chi connectivity index (χ1) is 8.19. The van der Waals surface area contributed by atoms with Crippen LogP contribution in [0.5, 0.6) is 0 Å². The monoisotopic (exact) mass is 234 g/mol. The zero-order chi connectivity index (χ0) is 12.4. The Morgan fingerprint density at radius 2 is 2.18 bits per heavy atom. The lowest BCUT2D eigenvalue weighted by atomic mass is 10.0. The number of rotatable bonds is 2. The van der Waals surface area contributed by atoms with Crippen molar-refractivity contribution in [2.75, 3.05) is 25.1 Å². The lowest BCUT2D eigenvalue weighted by molar-refractivity contribution is -0.142. The molecule has 1 unspecified atom stereocenters. The molecule has 0 radical (unpaired) electrons. The molecule has 90 valence electrons. The Kier molecular flexibility index (Phi) is 3.10. The molecule has 0 saturated carbocycles. The van der Waals surface area contributed by atoms with Crippen molar-refractivity contribution in [3.63, 3.8) is 0 Å². The molecule has 1 aliphatic heterocycles. The van der Waals surface area contributed by atoms with Crippen LogP contribution in [0, 0.1) is 0 Å². The van der Waals surface area contributed by atoms with E-state index in [1.54, 1.807) is 0 Å². The van der Waals surface area contributed by atoms with Crippen molar-refractivity contribution >= 4 is 17.6 Å². The Morgan fingerprint density at radius 3 is 2.82 bits per heavy atom. The fraction of sp³-hybridized carbons (Fsp3) is 0.333. The Bertz CT molecular complexity index is 418. The molecule has 2 rings (SSSR count). The van der Waals surface area contributed by atoms with Crippen molar-refractivity contribution < 1.29 is 14.3 Å². The first kappa shape index (κ1) is 11.6. The molecule has 1 heterocycles. The first-order valence-corrected chi connectivity index (χ1v) is 5.36. The maximum atomic E-state index is 11.7. The van der Waals surface area contributed by atoms with Gasteiger partial charge in [-0.15, -0.1) is 0 Å². The second-order valence-corrected chi connectivity index (χ2v) is 3.84. The largest absolute Gasteiger partial charge is 0.468 e. The van der Waals surface area contributed by atoms with Crippen molar-refractivity contribution in [2.24, 2.45) is 5.73 Å². The van der Waals surface area contributed by atoms with Crippen LogP contribution >= 0.6 is 0 Å². The van der Waals surface area contributed by atoms with Crippen LogP contribution in [0.2, 0.25) is 0 Å². The van der Waals surface area contributed by atoms with Crippen LogP contribution in [0.1, 0.15) is 11.5 Å². The van der Waals surface area contributed by atoms with Gasteiger partial charge in [0.1, 0.15) is 5.92 Å². The van der Waals surface area contributed by atoms with Gasteiger partial charge >= 0.3 is 5.97 Å². The number of methoxy groups -OCH3 is 1. The highest BCUT2D eigenvalue weighted by molar-refractivity contribution is 6.00. The summed E-state index contributed by atoms with van der Waals surface area (Å²) < 4.78 is 4.74. The number of benzene rings is 1. The lowest BCUT2D eigenvalue weighted by Crippen LogP contribution is -2.36. The highest BCUT2D eigenvalue weighted by Gasteiger charge is 2.36. The number of nitrogens with two attached hydrogens (primary N) is 1. The van der Waals surface area contributed by atoms with Crippen LogP contribution in [-0.2, 0) is 14.3 Å². The summed E-state index contributed by atoms with van der Waals surface area (Å²) >= 11 is 0. The van der Waals surface area contributed by atoms with Crippen molar-refractivity contribution in [3.8, 4) is 0 Å². The van der Waals surface area contributed by atoms with Gasteiger partial charge in [0.25, 0.3) is 0 Å². The molecule has 5 nitrogen and oxygen atoms in total. The zero-order valence-electron chi connectivity index (χ0n) is 9.55. The Morgan fingerprint density at radius 1 is 1.47 bits per heavy atom. The van der Waals surface area contributed by atoms with Gasteiger partial charge in [0.05, 0.1) is 13.7 Å². The molecule has 2 N–H and O–H groups in total. The molecule has 5 heteroatoms. The van der Waals surface area contributed by atoms with Crippen molar-refractivity contribution in [3.05, 3.63) is 29.8 Å². The third-order valence-electron chi connectivity index (χ3n) is 2.93. The normalized spacial score (nSPS) is 17.8. The van der Waals surface area contributed by atoms with Gasteiger partial charge in [0.15, 0.2) is 0 Å². The molecular formula is C12H14N2O3. The minimum Gasteiger partial charge on any atom is -0.468 e. The van der Waals surface area contributed by atoms with Crippen molar-refractivity contribution in [1.29, 1.82) is 0 Å². The summed E-state index contributed by atoms with van der Waals surface area (Å²) in [4.78, 5) is 24.9. The SMILES string of the molecule is COC(=O)C1CN(C(=O)CN)c2ccccc21. The van der Waals surface area contributed by atoms with E-state index in [1.807, 2.05) is 24.3 Å². The number of hydrogen-bond acceptors (Lipinski definition) is 4. The maximum absolute atomic E-state index is 11.7. The van der Waals surface area contributed by atoms with Gasteiger partial charge in [0, 0.05) is 12.2 Å². The molecule has 0 fully saturated rings. The topological polar surface area (TPSA) is 72.6 Å². The number of anilines is 1. The van der Waals surface area contributed by atoms with E-state index in [0.717, 1.165) is 11.3 Å². The zero-order valence-corrected chi connectivity index (χ0v) is 9.55. The molecule has 1 atom stereocenters. The van der Waals surface area contributed by atoms with Crippen LogP contribution in [0.15, 0.2) is 24.3 Å². The van der Waals surface area contributed by atoms with E-state index in [1.165, 1.54) is 12.0 Å².